The quantitative estimate of drug-likeness (QED) is 0.700. The van der Waals surface area contributed by atoms with Crippen molar-refractivity contribution in [2.75, 3.05) is 12.4 Å². The minimum atomic E-state index is -3.23. The van der Waals surface area contributed by atoms with Crippen molar-refractivity contribution in [2.45, 2.75) is 50.2 Å². The molecule has 1 unspecified atom stereocenters. The lowest BCUT2D eigenvalue weighted by Gasteiger charge is -2.25. The van der Waals surface area contributed by atoms with E-state index in [4.69, 9.17) is 4.74 Å². The molecular formula is C22H24N2O4S. The lowest BCUT2D eigenvalue weighted by molar-refractivity contribution is 0.0920. The standard InChI is InChI=1S/C22H24N2O4S/c1-13-6-21-16(7-17(25)11-28-21)8-18(13)14(2)24-12-23-19-9-15-4-3-5-29(26,27)22(15)10-20(19)24/h6,8-10,12,14,17,25H,3-5,7,11H2,1-2H3/t14-,17?/m1/s1. The van der Waals surface area contributed by atoms with Crippen molar-refractivity contribution in [3.8, 4) is 5.75 Å². The Bertz CT molecular complexity index is 1230. The largest absolute Gasteiger partial charge is 0.491 e. The highest BCUT2D eigenvalue weighted by atomic mass is 32.2. The fraction of sp³-hybridized carbons (Fsp3) is 0.409. The number of aliphatic hydroxyl groups excluding tert-OH is 1. The summed E-state index contributed by atoms with van der Waals surface area (Å²) in [6.45, 7) is 4.46. The van der Waals surface area contributed by atoms with Gasteiger partial charge in [0.05, 0.1) is 40.2 Å². The summed E-state index contributed by atoms with van der Waals surface area (Å²) in [6, 6.07) is 7.81. The van der Waals surface area contributed by atoms with Gasteiger partial charge in [0, 0.05) is 6.42 Å². The zero-order chi connectivity index (χ0) is 20.3. The van der Waals surface area contributed by atoms with Gasteiger partial charge in [-0.15, -0.1) is 0 Å². The summed E-state index contributed by atoms with van der Waals surface area (Å²) in [5.41, 5.74) is 5.73. The van der Waals surface area contributed by atoms with E-state index < -0.39 is 15.9 Å². The maximum atomic E-state index is 12.6. The first-order valence-corrected chi connectivity index (χ1v) is 11.7. The van der Waals surface area contributed by atoms with Crippen molar-refractivity contribution in [2.24, 2.45) is 0 Å². The molecule has 2 aromatic carbocycles. The summed E-state index contributed by atoms with van der Waals surface area (Å²) < 4.78 is 32.8. The summed E-state index contributed by atoms with van der Waals surface area (Å²) in [4.78, 5) is 5.00. The third-order valence-corrected chi connectivity index (χ3v) is 8.03. The Morgan fingerprint density at radius 2 is 2.07 bits per heavy atom. The molecule has 0 fully saturated rings. The predicted octanol–water partition coefficient (Wildman–Crippen LogP) is 2.97. The van der Waals surface area contributed by atoms with E-state index in [1.165, 1.54) is 0 Å². The summed E-state index contributed by atoms with van der Waals surface area (Å²) in [5, 5.41) is 9.94. The van der Waals surface area contributed by atoms with Crippen LogP contribution in [0.3, 0.4) is 0 Å². The Morgan fingerprint density at radius 3 is 2.90 bits per heavy atom. The van der Waals surface area contributed by atoms with Gasteiger partial charge in [0.2, 0.25) is 0 Å². The van der Waals surface area contributed by atoms with Crippen LogP contribution < -0.4 is 4.74 Å². The Balaban J connectivity index is 1.62. The van der Waals surface area contributed by atoms with E-state index >= 15 is 0 Å². The molecule has 0 radical (unpaired) electrons. The molecule has 0 saturated heterocycles. The maximum Gasteiger partial charge on any atom is 0.178 e. The zero-order valence-corrected chi connectivity index (χ0v) is 17.4. The van der Waals surface area contributed by atoms with Crippen LogP contribution in [0.4, 0.5) is 0 Å². The van der Waals surface area contributed by atoms with Gasteiger partial charge in [-0.25, -0.2) is 13.4 Å². The van der Waals surface area contributed by atoms with Gasteiger partial charge in [0.15, 0.2) is 9.84 Å². The van der Waals surface area contributed by atoms with Crippen molar-refractivity contribution >= 4 is 20.9 Å². The van der Waals surface area contributed by atoms with Gasteiger partial charge >= 0.3 is 0 Å². The van der Waals surface area contributed by atoms with Crippen LogP contribution in [0.25, 0.3) is 11.0 Å². The number of hydrogen-bond donors (Lipinski definition) is 1. The van der Waals surface area contributed by atoms with Crippen LogP contribution in [-0.2, 0) is 22.7 Å². The van der Waals surface area contributed by atoms with Gasteiger partial charge in [0.1, 0.15) is 12.4 Å². The molecule has 0 aliphatic carbocycles. The van der Waals surface area contributed by atoms with Crippen molar-refractivity contribution in [1.82, 2.24) is 9.55 Å². The third-order valence-electron chi connectivity index (χ3n) is 6.15. The molecule has 29 heavy (non-hydrogen) atoms. The lowest BCUT2D eigenvalue weighted by atomic mass is 9.94. The average Bonchev–Trinajstić information content (AvgIpc) is 3.09. The zero-order valence-electron chi connectivity index (χ0n) is 16.6. The van der Waals surface area contributed by atoms with Gasteiger partial charge in [-0.2, -0.15) is 0 Å². The van der Waals surface area contributed by atoms with Gasteiger partial charge in [-0.1, -0.05) is 0 Å². The number of imidazole rings is 1. The van der Waals surface area contributed by atoms with E-state index in [0.717, 1.165) is 45.5 Å². The SMILES string of the molecule is Cc1cc2c(cc1[C@@H](C)n1cnc3cc4c(cc31)S(=O)(=O)CCC4)CC(O)CO2. The number of benzene rings is 2. The van der Waals surface area contributed by atoms with Crippen molar-refractivity contribution in [1.29, 1.82) is 0 Å². The third kappa shape index (κ3) is 3.04. The number of nitrogens with zero attached hydrogens (tertiary/aromatic N) is 2. The van der Waals surface area contributed by atoms with E-state index in [-0.39, 0.29) is 11.8 Å². The maximum absolute atomic E-state index is 12.6. The summed E-state index contributed by atoms with van der Waals surface area (Å²) in [5.74, 6) is 1.04. The first kappa shape index (κ1) is 18.6. The molecule has 2 atom stereocenters. The van der Waals surface area contributed by atoms with Crippen LogP contribution in [0, 0.1) is 6.92 Å². The molecule has 3 aromatic rings. The van der Waals surface area contributed by atoms with Crippen LogP contribution in [0.15, 0.2) is 35.5 Å². The monoisotopic (exact) mass is 412 g/mol. The van der Waals surface area contributed by atoms with E-state index in [2.05, 4.69) is 18.0 Å². The molecule has 0 saturated carbocycles. The fourth-order valence-electron chi connectivity index (χ4n) is 4.59. The molecule has 6 nitrogen and oxygen atoms in total. The average molecular weight is 413 g/mol. The number of rotatable bonds is 2. The van der Waals surface area contributed by atoms with Crippen LogP contribution in [-0.4, -0.2) is 41.5 Å². The van der Waals surface area contributed by atoms with Crippen LogP contribution in [0.1, 0.15) is 41.6 Å². The van der Waals surface area contributed by atoms with Crippen LogP contribution >= 0.6 is 0 Å². The molecule has 2 aliphatic rings. The van der Waals surface area contributed by atoms with E-state index in [0.29, 0.717) is 24.3 Å². The smallest absolute Gasteiger partial charge is 0.178 e. The van der Waals surface area contributed by atoms with Crippen molar-refractivity contribution < 1.29 is 18.3 Å². The van der Waals surface area contributed by atoms with Crippen LogP contribution in [0.5, 0.6) is 5.75 Å². The molecular weight excluding hydrogens is 388 g/mol. The number of aromatic nitrogens is 2. The van der Waals surface area contributed by atoms with Crippen molar-refractivity contribution in [3.05, 3.63) is 52.8 Å². The molecule has 1 aromatic heterocycles. The number of ether oxygens (including phenoxy) is 1. The Morgan fingerprint density at radius 1 is 1.24 bits per heavy atom. The number of sulfone groups is 1. The first-order chi connectivity index (χ1) is 13.8. The Hall–Kier alpha value is -2.38. The molecule has 1 N–H and O–H groups in total. The molecule has 0 bridgehead atoms. The van der Waals surface area contributed by atoms with E-state index in [1.54, 1.807) is 12.4 Å². The lowest BCUT2D eigenvalue weighted by Crippen LogP contribution is -2.26. The molecule has 0 spiro atoms. The predicted molar refractivity (Wildman–Crippen MR) is 110 cm³/mol. The summed E-state index contributed by atoms with van der Waals surface area (Å²) in [7, 11) is -3.23. The van der Waals surface area contributed by atoms with Crippen LogP contribution in [0.2, 0.25) is 0 Å². The highest BCUT2D eigenvalue weighted by molar-refractivity contribution is 7.91. The van der Waals surface area contributed by atoms with Gasteiger partial charge in [-0.05, 0) is 73.2 Å². The topological polar surface area (TPSA) is 81.4 Å². The number of fused-ring (bicyclic) bond motifs is 3. The summed E-state index contributed by atoms with van der Waals surface area (Å²) in [6.07, 6.45) is 3.32. The molecule has 3 heterocycles. The normalized spacial score (nSPS) is 21.3. The second-order valence-corrected chi connectivity index (χ2v) is 10.3. The molecule has 0 amide bonds. The first-order valence-electron chi connectivity index (χ1n) is 10.00. The Labute approximate surface area is 170 Å². The minimum Gasteiger partial charge on any atom is -0.491 e. The number of aryl methyl sites for hydroxylation is 2. The molecule has 2 aliphatic heterocycles. The molecule has 7 heteroatoms. The highest BCUT2D eigenvalue weighted by Gasteiger charge is 2.26. The molecule has 152 valence electrons. The van der Waals surface area contributed by atoms with E-state index in [1.807, 2.05) is 23.6 Å². The minimum absolute atomic E-state index is 0.0336. The second-order valence-electron chi connectivity index (χ2n) is 8.18. The van der Waals surface area contributed by atoms with Crippen molar-refractivity contribution in [3.63, 3.8) is 0 Å². The number of aliphatic hydroxyl groups is 1. The molecule has 5 rings (SSSR count). The van der Waals surface area contributed by atoms with Gasteiger partial charge in [0.25, 0.3) is 0 Å². The van der Waals surface area contributed by atoms with Gasteiger partial charge in [-0.3, -0.25) is 0 Å². The van der Waals surface area contributed by atoms with Gasteiger partial charge < -0.3 is 14.4 Å². The van der Waals surface area contributed by atoms with E-state index in [9.17, 15) is 13.5 Å². The number of hydrogen-bond acceptors (Lipinski definition) is 5. The second kappa shape index (κ2) is 6.57. The summed E-state index contributed by atoms with van der Waals surface area (Å²) >= 11 is 0. The Kier molecular flexibility index (Phi) is 4.22. The fourth-order valence-corrected chi connectivity index (χ4v) is 6.19. The highest BCUT2D eigenvalue weighted by Crippen LogP contribution is 2.35.